The van der Waals surface area contributed by atoms with Gasteiger partial charge in [-0.3, -0.25) is 4.98 Å². The molecule has 4 heteroatoms. The Morgan fingerprint density at radius 3 is 3.05 bits per heavy atom. The summed E-state index contributed by atoms with van der Waals surface area (Å²) in [7, 11) is 0. The Balaban J connectivity index is 1.63. The maximum atomic E-state index is 5.48. The summed E-state index contributed by atoms with van der Waals surface area (Å²) in [5.41, 5.74) is 3.40. The zero-order valence-electron chi connectivity index (χ0n) is 10.8. The first-order chi connectivity index (χ1) is 9.33. The van der Waals surface area contributed by atoms with Crippen molar-refractivity contribution >= 4 is 0 Å². The number of hydrogen-bond donors (Lipinski definition) is 1. The van der Waals surface area contributed by atoms with Crippen LogP contribution in [-0.2, 0) is 13.1 Å². The summed E-state index contributed by atoms with van der Waals surface area (Å²) in [6.45, 7) is 3.89. The van der Waals surface area contributed by atoms with Gasteiger partial charge in [-0.25, -0.2) is 0 Å². The maximum Gasteiger partial charge on any atom is 0.231 e. The Labute approximate surface area is 112 Å². The highest BCUT2D eigenvalue weighted by atomic mass is 16.7. The molecule has 2 aromatic rings. The fraction of sp³-hybridized carbons (Fsp3) is 0.267. The molecule has 1 aromatic heterocycles. The van der Waals surface area contributed by atoms with Gasteiger partial charge in [-0.1, -0.05) is 12.1 Å². The molecule has 1 aliphatic rings. The summed E-state index contributed by atoms with van der Waals surface area (Å²) in [6.07, 6.45) is 1.84. The highest BCUT2D eigenvalue weighted by molar-refractivity contribution is 5.48. The number of nitrogens with one attached hydrogen (secondary N) is 1. The zero-order valence-corrected chi connectivity index (χ0v) is 10.8. The third kappa shape index (κ3) is 2.69. The predicted molar refractivity (Wildman–Crippen MR) is 72.1 cm³/mol. The van der Waals surface area contributed by atoms with Crippen molar-refractivity contribution in [1.29, 1.82) is 0 Å². The summed E-state index contributed by atoms with van der Waals surface area (Å²) < 4.78 is 10.8. The van der Waals surface area contributed by atoms with Gasteiger partial charge in [-0.2, -0.15) is 0 Å². The van der Waals surface area contributed by atoms with E-state index in [1.807, 2.05) is 31.3 Å². The van der Waals surface area contributed by atoms with E-state index in [-0.39, 0.29) is 0 Å². The minimum atomic E-state index is 0.315. The molecule has 0 radical (unpaired) electrons. The van der Waals surface area contributed by atoms with Gasteiger partial charge < -0.3 is 14.8 Å². The van der Waals surface area contributed by atoms with Crippen LogP contribution < -0.4 is 14.8 Å². The number of aryl methyl sites for hydroxylation is 1. The molecule has 0 aliphatic carbocycles. The second-order valence-corrected chi connectivity index (χ2v) is 4.56. The monoisotopic (exact) mass is 256 g/mol. The lowest BCUT2D eigenvalue weighted by Crippen LogP contribution is -2.13. The largest absolute Gasteiger partial charge is 0.454 e. The molecule has 0 amide bonds. The van der Waals surface area contributed by atoms with E-state index in [0.29, 0.717) is 6.79 Å². The second-order valence-electron chi connectivity index (χ2n) is 4.56. The lowest BCUT2D eigenvalue weighted by molar-refractivity contribution is 0.173. The first-order valence-corrected chi connectivity index (χ1v) is 6.32. The van der Waals surface area contributed by atoms with Gasteiger partial charge in [0.15, 0.2) is 11.5 Å². The number of hydrogen-bond acceptors (Lipinski definition) is 4. The number of nitrogens with zero attached hydrogens (tertiary/aromatic N) is 1. The van der Waals surface area contributed by atoms with E-state index < -0.39 is 0 Å². The van der Waals surface area contributed by atoms with Gasteiger partial charge in [-0.15, -0.1) is 0 Å². The fourth-order valence-corrected chi connectivity index (χ4v) is 2.19. The molecule has 3 rings (SSSR count). The molecule has 0 atom stereocenters. The molecule has 0 unspecified atom stereocenters. The number of pyridine rings is 1. The van der Waals surface area contributed by atoms with E-state index in [1.54, 1.807) is 0 Å². The maximum absolute atomic E-state index is 5.48. The van der Waals surface area contributed by atoms with E-state index in [1.165, 1.54) is 5.56 Å². The number of ether oxygens (including phenoxy) is 2. The van der Waals surface area contributed by atoms with Crippen LogP contribution in [0.5, 0.6) is 11.5 Å². The molecule has 1 N–H and O–H groups in total. The SMILES string of the molecule is Cc1cc(CNCc2cccc3c2OCO3)ccn1. The van der Waals surface area contributed by atoms with E-state index in [2.05, 4.69) is 22.4 Å². The molecule has 1 aromatic carbocycles. The summed E-state index contributed by atoms with van der Waals surface area (Å²) in [5.74, 6) is 1.69. The molecule has 0 saturated carbocycles. The van der Waals surface area contributed by atoms with E-state index in [9.17, 15) is 0 Å². The summed E-state index contributed by atoms with van der Waals surface area (Å²) >= 11 is 0. The molecular weight excluding hydrogens is 240 g/mol. The molecule has 1 aliphatic heterocycles. The van der Waals surface area contributed by atoms with Crippen LogP contribution in [-0.4, -0.2) is 11.8 Å². The average molecular weight is 256 g/mol. The Morgan fingerprint density at radius 2 is 2.16 bits per heavy atom. The summed E-state index contributed by atoms with van der Waals surface area (Å²) in [4.78, 5) is 4.19. The van der Waals surface area contributed by atoms with Gasteiger partial charge in [0.2, 0.25) is 6.79 Å². The van der Waals surface area contributed by atoms with Crippen molar-refractivity contribution in [3.05, 3.63) is 53.3 Å². The van der Waals surface area contributed by atoms with Gasteiger partial charge in [-0.05, 0) is 30.7 Å². The van der Waals surface area contributed by atoms with Crippen LogP contribution in [0.3, 0.4) is 0 Å². The van der Waals surface area contributed by atoms with Crippen molar-refractivity contribution in [2.75, 3.05) is 6.79 Å². The Bertz CT molecular complexity index is 584. The Hall–Kier alpha value is -2.07. The third-order valence-electron chi connectivity index (χ3n) is 3.08. The fourth-order valence-electron chi connectivity index (χ4n) is 2.19. The van der Waals surface area contributed by atoms with E-state index >= 15 is 0 Å². The van der Waals surface area contributed by atoms with Gasteiger partial charge in [0.1, 0.15) is 0 Å². The first kappa shape index (κ1) is 12.0. The van der Waals surface area contributed by atoms with Crippen LogP contribution >= 0.6 is 0 Å². The predicted octanol–water partition coefficient (Wildman–Crippen LogP) is 2.41. The van der Waals surface area contributed by atoms with Gasteiger partial charge >= 0.3 is 0 Å². The van der Waals surface area contributed by atoms with E-state index in [0.717, 1.165) is 35.8 Å². The molecule has 0 saturated heterocycles. The van der Waals surface area contributed by atoms with Crippen LogP contribution in [0.15, 0.2) is 36.5 Å². The van der Waals surface area contributed by atoms with Crippen LogP contribution in [0.4, 0.5) is 0 Å². The van der Waals surface area contributed by atoms with Crippen molar-refractivity contribution in [1.82, 2.24) is 10.3 Å². The van der Waals surface area contributed by atoms with Crippen LogP contribution in [0.25, 0.3) is 0 Å². The van der Waals surface area contributed by atoms with Crippen LogP contribution in [0.1, 0.15) is 16.8 Å². The summed E-state index contributed by atoms with van der Waals surface area (Å²) in [6, 6.07) is 10.1. The number of fused-ring (bicyclic) bond motifs is 1. The van der Waals surface area contributed by atoms with Crippen molar-refractivity contribution in [2.45, 2.75) is 20.0 Å². The number of para-hydroxylation sites is 1. The van der Waals surface area contributed by atoms with Crippen molar-refractivity contribution in [3.8, 4) is 11.5 Å². The minimum absolute atomic E-state index is 0.315. The first-order valence-electron chi connectivity index (χ1n) is 6.32. The smallest absolute Gasteiger partial charge is 0.231 e. The second kappa shape index (κ2) is 5.28. The Morgan fingerprint density at radius 1 is 1.21 bits per heavy atom. The van der Waals surface area contributed by atoms with Crippen molar-refractivity contribution in [3.63, 3.8) is 0 Å². The normalized spacial score (nSPS) is 12.7. The quantitative estimate of drug-likeness (QED) is 0.912. The van der Waals surface area contributed by atoms with Gasteiger partial charge in [0.25, 0.3) is 0 Å². The van der Waals surface area contributed by atoms with E-state index in [4.69, 9.17) is 9.47 Å². The number of aromatic nitrogens is 1. The lowest BCUT2D eigenvalue weighted by atomic mass is 10.1. The lowest BCUT2D eigenvalue weighted by Gasteiger charge is -2.08. The highest BCUT2D eigenvalue weighted by Crippen LogP contribution is 2.35. The number of benzene rings is 1. The molecule has 2 heterocycles. The number of rotatable bonds is 4. The van der Waals surface area contributed by atoms with Gasteiger partial charge in [0, 0.05) is 30.5 Å². The Kier molecular flexibility index (Phi) is 3.33. The zero-order chi connectivity index (χ0) is 13.1. The van der Waals surface area contributed by atoms with Gasteiger partial charge in [0.05, 0.1) is 0 Å². The van der Waals surface area contributed by atoms with Crippen LogP contribution in [0.2, 0.25) is 0 Å². The third-order valence-corrected chi connectivity index (χ3v) is 3.08. The molecule has 19 heavy (non-hydrogen) atoms. The molecule has 0 fully saturated rings. The standard InChI is InChI=1S/C15H16N2O2/c1-11-7-12(5-6-17-11)8-16-9-13-3-2-4-14-15(13)19-10-18-14/h2-7,16H,8-10H2,1H3. The molecule has 4 nitrogen and oxygen atoms in total. The van der Waals surface area contributed by atoms with Crippen molar-refractivity contribution in [2.24, 2.45) is 0 Å². The minimum Gasteiger partial charge on any atom is -0.454 e. The average Bonchev–Trinajstić information content (AvgIpc) is 2.88. The van der Waals surface area contributed by atoms with Crippen LogP contribution in [0, 0.1) is 6.92 Å². The topological polar surface area (TPSA) is 43.4 Å². The van der Waals surface area contributed by atoms with Crippen molar-refractivity contribution < 1.29 is 9.47 Å². The molecule has 98 valence electrons. The molecular formula is C15H16N2O2. The summed E-state index contributed by atoms with van der Waals surface area (Å²) in [5, 5.41) is 3.41. The molecule has 0 bridgehead atoms. The highest BCUT2D eigenvalue weighted by Gasteiger charge is 2.16. The molecule has 0 spiro atoms.